The summed E-state index contributed by atoms with van der Waals surface area (Å²) in [6, 6.07) is 16.9. The highest BCUT2D eigenvalue weighted by atomic mass is 35.5. The minimum Gasteiger partial charge on any atom is -0.348 e. The first-order valence-electron chi connectivity index (χ1n) is 7.70. The van der Waals surface area contributed by atoms with Crippen molar-refractivity contribution in [3.63, 3.8) is 0 Å². The number of benzene rings is 2. The van der Waals surface area contributed by atoms with Gasteiger partial charge in [-0.1, -0.05) is 35.9 Å². The van der Waals surface area contributed by atoms with Crippen LogP contribution in [0.4, 0.5) is 0 Å². The van der Waals surface area contributed by atoms with Gasteiger partial charge in [0.1, 0.15) is 0 Å². The second-order valence-corrected chi connectivity index (χ2v) is 6.03. The average molecular weight is 340 g/mol. The minimum absolute atomic E-state index is 0.149. The lowest BCUT2D eigenvalue weighted by Crippen LogP contribution is -2.23. The summed E-state index contributed by atoms with van der Waals surface area (Å²) in [5, 5.41) is 8.08. The fraction of sp³-hybridized carbons (Fsp3) is 0.158. The molecule has 5 heteroatoms. The second-order valence-electron chi connectivity index (χ2n) is 5.59. The molecular formula is C19H18ClN3O. The minimum atomic E-state index is -0.149. The Morgan fingerprint density at radius 2 is 1.88 bits per heavy atom. The SMILES string of the molecule is Cc1nn(-c2ccccc2)c(C)c1CNC(=O)c1cccc(Cl)c1. The summed E-state index contributed by atoms with van der Waals surface area (Å²) in [6.07, 6.45) is 0. The van der Waals surface area contributed by atoms with Crippen LogP contribution in [0.1, 0.15) is 27.3 Å². The first kappa shape index (κ1) is 16.3. The Morgan fingerprint density at radius 1 is 1.12 bits per heavy atom. The Labute approximate surface area is 146 Å². The molecule has 0 aliphatic rings. The molecule has 0 saturated heterocycles. The molecule has 1 heterocycles. The van der Waals surface area contributed by atoms with Crippen LogP contribution in [0.25, 0.3) is 5.69 Å². The van der Waals surface area contributed by atoms with Crippen molar-refractivity contribution in [1.29, 1.82) is 0 Å². The molecule has 3 rings (SSSR count). The van der Waals surface area contributed by atoms with E-state index in [1.807, 2.05) is 48.9 Å². The number of nitrogens with zero attached hydrogens (tertiary/aromatic N) is 2. The molecule has 0 bridgehead atoms. The number of aromatic nitrogens is 2. The maximum atomic E-state index is 12.3. The highest BCUT2D eigenvalue weighted by molar-refractivity contribution is 6.30. The van der Waals surface area contributed by atoms with Gasteiger partial charge >= 0.3 is 0 Å². The Kier molecular flexibility index (Phi) is 4.67. The van der Waals surface area contributed by atoms with Crippen LogP contribution in [-0.4, -0.2) is 15.7 Å². The van der Waals surface area contributed by atoms with Gasteiger partial charge in [-0.05, 0) is 44.2 Å². The first-order chi connectivity index (χ1) is 11.6. The quantitative estimate of drug-likeness (QED) is 0.778. The van der Waals surface area contributed by atoms with E-state index in [2.05, 4.69) is 10.4 Å². The Morgan fingerprint density at radius 3 is 2.58 bits per heavy atom. The van der Waals surface area contributed by atoms with Gasteiger partial charge in [-0.25, -0.2) is 4.68 Å². The molecule has 24 heavy (non-hydrogen) atoms. The molecule has 1 N–H and O–H groups in total. The third-order valence-corrected chi connectivity index (χ3v) is 4.19. The molecule has 0 fully saturated rings. The third kappa shape index (κ3) is 3.34. The number of aryl methyl sites for hydroxylation is 1. The number of hydrogen-bond acceptors (Lipinski definition) is 2. The van der Waals surface area contributed by atoms with E-state index in [1.165, 1.54) is 0 Å². The fourth-order valence-electron chi connectivity index (χ4n) is 2.65. The van der Waals surface area contributed by atoms with E-state index in [4.69, 9.17) is 11.6 Å². The number of nitrogens with one attached hydrogen (secondary N) is 1. The van der Waals surface area contributed by atoms with Crippen LogP contribution in [0.15, 0.2) is 54.6 Å². The number of halogens is 1. The van der Waals surface area contributed by atoms with E-state index in [1.54, 1.807) is 24.3 Å². The van der Waals surface area contributed by atoms with Crippen LogP contribution in [0.5, 0.6) is 0 Å². The Bertz CT molecular complexity index is 872. The number of para-hydroxylation sites is 1. The van der Waals surface area contributed by atoms with Gasteiger partial charge in [0.05, 0.1) is 11.4 Å². The highest BCUT2D eigenvalue weighted by Gasteiger charge is 2.14. The van der Waals surface area contributed by atoms with Gasteiger partial charge in [0.15, 0.2) is 0 Å². The first-order valence-corrected chi connectivity index (χ1v) is 8.08. The third-order valence-electron chi connectivity index (χ3n) is 3.95. The maximum Gasteiger partial charge on any atom is 0.251 e. The van der Waals surface area contributed by atoms with Gasteiger partial charge in [0, 0.05) is 28.4 Å². The highest BCUT2D eigenvalue weighted by Crippen LogP contribution is 2.18. The lowest BCUT2D eigenvalue weighted by atomic mass is 10.1. The number of rotatable bonds is 4. The van der Waals surface area contributed by atoms with Gasteiger partial charge < -0.3 is 5.32 Å². The van der Waals surface area contributed by atoms with Gasteiger partial charge in [-0.3, -0.25) is 4.79 Å². The Hall–Kier alpha value is -2.59. The van der Waals surface area contributed by atoms with Crippen molar-refractivity contribution in [3.05, 3.63) is 82.1 Å². The van der Waals surface area contributed by atoms with Crippen LogP contribution in [0.2, 0.25) is 5.02 Å². The van der Waals surface area contributed by atoms with Crippen molar-refractivity contribution in [2.75, 3.05) is 0 Å². The molecule has 0 unspecified atom stereocenters. The molecule has 1 amide bonds. The average Bonchev–Trinajstić information content (AvgIpc) is 2.88. The molecule has 0 spiro atoms. The zero-order valence-corrected chi connectivity index (χ0v) is 14.3. The molecule has 0 aliphatic heterocycles. The Balaban J connectivity index is 1.79. The summed E-state index contributed by atoms with van der Waals surface area (Å²) in [5.41, 5.74) is 4.50. The van der Waals surface area contributed by atoms with E-state index in [9.17, 15) is 4.79 Å². The van der Waals surface area contributed by atoms with Crippen molar-refractivity contribution >= 4 is 17.5 Å². The predicted octanol–water partition coefficient (Wildman–Crippen LogP) is 4.07. The summed E-state index contributed by atoms with van der Waals surface area (Å²) in [5.74, 6) is -0.149. The summed E-state index contributed by atoms with van der Waals surface area (Å²) in [4.78, 5) is 12.3. The van der Waals surface area contributed by atoms with Crippen LogP contribution < -0.4 is 5.32 Å². The van der Waals surface area contributed by atoms with Gasteiger partial charge in [0.25, 0.3) is 5.91 Å². The number of carbonyl (C=O) groups is 1. The van der Waals surface area contributed by atoms with E-state index >= 15 is 0 Å². The predicted molar refractivity (Wildman–Crippen MR) is 95.7 cm³/mol. The van der Waals surface area contributed by atoms with Crippen LogP contribution in [-0.2, 0) is 6.54 Å². The number of carbonyl (C=O) groups excluding carboxylic acids is 1. The lowest BCUT2D eigenvalue weighted by molar-refractivity contribution is 0.0951. The molecule has 2 aromatic carbocycles. The van der Waals surface area contributed by atoms with Crippen molar-refractivity contribution in [3.8, 4) is 5.69 Å². The summed E-state index contributed by atoms with van der Waals surface area (Å²) in [7, 11) is 0. The fourth-order valence-corrected chi connectivity index (χ4v) is 2.84. The van der Waals surface area contributed by atoms with Crippen molar-refractivity contribution in [2.24, 2.45) is 0 Å². The van der Waals surface area contributed by atoms with E-state index in [0.29, 0.717) is 17.1 Å². The molecular weight excluding hydrogens is 322 g/mol. The van der Waals surface area contributed by atoms with Crippen molar-refractivity contribution in [1.82, 2.24) is 15.1 Å². The standard InChI is InChI=1S/C19H18ClN3O/c1-13-18(12-21-19(24)15-7-6-8-16(20)11-15)14(2)23(22-13)17-9-4-3-5-10-17/h3-11H,12H2,1-2H3,(H,21,24). The summed E-state index contributed by atoms with van der Waals surface area (Å²) >= 11 is 5.93. The summed E-state index contributed by atoms with van der Waals surface area (Å²) in [6.45, 7) is 4.39. The lowest BCUT2D eigenvalue weighted by Gasteiger charge is -2.07. The molecule has 122 valence electrons. The normalized spacial score (nSPS) is 10.6. The number of amides is 1. The van der Waals surface area contributed by atoms with E-state index < -0.39 is 0 Å². The molecule has 1 aromatic heterocycles. The van der Waals surface area contributed by atoms with Crippen molar-refractivity contribution in [2.45, 2.75) is 20.4 Å². The summed E-state index contributed by atoms with van der Waals surface area (Å²) < 4.78 is 1.90. The maximum absolute atomic E-state index is 12.3. The van der Waals surface area contributed by atoms with Gasteiger partial charge in [0.2, 0.25) is 0 Å². The zero-order chi connectivity index (χ0) is 17.1. The second kappa shape index (κ2) is 6.89. The van der Waals surface area contributed by atoms with E-state index in [0.717, 1.165) is 22.6 Å². The van der Waals surface area contributed by atoms with Gasteiger partial charge in [-0.2, -0.15) is 5.10 Å². The zero-order valence-electron chi connectivity index (χ0n) is 13.6. The van der Waals surface area contributed by atoms with Crippen LogP contribution in [0, 0.1) is 13.8 Å². The molecule has 3 aromatic rings. The molecule has 4 nitrogen and oxygen atoms in total. The largest absolute Gasteiger partial charge is 0.348 e. The topological polar surface area (TPSA) is 46.9 Å². The van der Waals surface area contributed by atoms with Crippen molar-refractivity contribution < 1.29 is 4.79 Å². The van der Waals surface area contributed by atoms with Crippen LogP contribution >= 0.6 is 11.6 Å². The van der Waals surface area contributed by atoms with Gasteiger partial charge in [-0.15, -0.1) is 0 Å². The van der Waals surface area contributed by atoms with Crippen LogP contribution in [0.3, 0.4) is 0 Å². The molecule has 0 aliphatic carbocycles. The smallest absolute Gasteiger partial charge is 0.251 e. The van der Waals surface area contributed by atoms with E-state index in [-0.39, 0.29) is 5.91 Å². The number of hydrogen-bond donors (Lipinski definition) is 1. The molecule has 0 saturated carbocycles. The monoisotopic (exact) mass is 339 g/mol. The molecule has 0 atom stereocenters. The molecule has 0 radical (unpaired) electrons.